The molecule has 296 valence electrons. The van der Waals surface area contributed by atoms with Crippen LogP contribution >= 0.6 is 11.6 Å². The summed E-state index contributed by atoms with van der Waals surface area (Å²) in [5.41, 5.74) is 3.45. The second-order valence-corrected chi connectivity index (χ2v) is 15.0. The summed E-state index contributed by atoms with van der Waals surface area (Å²) in [6, 6.07) is 19.4. The summed E-state index contributed by atoms with van der Waals surface area (Å²) < 4.78 is 44.9. The number of nitrogens with zero attached hydrogens (tertiary/aromatic N) is 6. The van der Waals surface area contributed by atoms with Crippen molar-refractivity contribution < 1.29 is 22.8 Å². The van der Waals surface area contributed by atoms with Gasteiger partial charge in [-0.2, -0.15) is 13.2 Å². The highest BCUT2D eigenvalue weighted by Crippen LogP contribution is 2.40. The molecule has 2 saturated heterocycles. The van der Waals surface area contributed by atoms with E-state index in [9.17, 15) is 22.8 Å². The summed E-state index contributed by atoms with van der Waals surface area (Å²) in [6.07, 6.45) is -2.57. The monoisotopic (exact) mass is 781 g/mol. The lowest BCUT2D eigenvalue weighted by molar-refractivity contribution is -0.137. The Kier molecular flexibility index (Phi) is 13.2. The molecule has 2 aliphatic heterocycles. The number of hydrazine groups is 1. The van der Waals surface area contributed by atoms with E-state index in [0.29, 0.717) is 50.4 Å². The number of anilines is 2. The van der Waals surface area contributed by atoms with Gasteiger partial charge in [-0.05, 0) is 74.7 Å². The molecule has 11 nitrogen and oxygen atoms in total. The first-order chi connectivity index (χ1) is 26.4. The van der Waals surface area contributed by atoms with Crippen LogP contribution in [0.4, 0.5) is 29.3 Å². The standard InChI is InChI=1S/C40H51ClF3N9O2/c1-3-15-52(39(55)46-30-9-5-4-6-10-30)31-13-16-51(17-14-31)36(54)27-29(24-28-25-32(40(42,43)44)37(48-45)33(41)26-28)38-47-34-11-7-8-12-35(34)53(38)23-22-50-20-18-49(2)19-21-50/h4-12,25-26,29,31,48H,3,13-24,27,45H2,1-2H3,(H,46,55). The van der Waals surface area contributed by atoms with Gasteiger partial charge >= 0.3 is 12.2 Å². The van der Waals surface area contributed by atoms with E-state index in [-0.39, 0.29) is 35.8 Å². The van der Waals surface area contributed by atoms with Gasteiger partial charge in [0.1, 0.15) is 5.82 Å². The molecule has 2 fully saturated rings. The van der Waals surface area contributed by atoms with Crippen LogP contribution in [-0.2, 0) is 23.9 Å². The van der Waals surface area contributed by atoms with Gasteiger partial charge in [0.25, 0.3) is 0 Å². The van der Waals surface area contributed by atoms with Crippen LogP contribution in [0.15, 0.2) is 66.7 Å². The molecule has 0 aliphatic carbocycles. The molecule has 1 aromatic heterocycles. The van der Waals surface area contributed by atoms with Gasteiger partial charge in [-0.1, -0.05) is 48.9 Å². The average Bonchev–Trinajstić information content (AvgIpc) is 3.55. The number of para-hydroxylation sites is 3. The Labute approximate surface area is 325 Å². The smallest absolute Gasteiger partial charge is 0.343 e. The molecule has 0 spiro atoms. The number of hydrogen-bond donors (Lipinski definition) is 3. The molecule has 0 radical (unpaired) electrons. The molecule has 3 amide bonds. The van der Waals surface area contributed by atoms with Gasteiger partial charge in [-0.25, -0.2) is 9.78 Å². The minimum Gasteiger partial charge on any atom is -0.343 e. The number of nitrogens with two attached hydrogens (primary N) is 1. The highest BCUT2D eigenvalue weighted by molar-refractivity contribution is 6.33. The van der Waals surface area contributed by atoms with E-state index >= 15 is 0 Å². The number of hydrogen-bond acceptors (Lipinski definition) is 7. The minimum atomic E-state index is -4.71. The number of nitrogen functional groups attached to an aromatic ring is 1. The number of piperazine rings is 1. The number of carbonyl (C=O) groups is 2. The molecule has 55 heavy (non-hydrogen) atoms. The van der Waals surface area contributed by atoms with Crippen LogP contribution in [0.3, 0.4) is 0 Å². The Morgan fingerprint density at radius 2 is 1.67 bits per heavy atom. The van der Waals surface area contributed by atoms with E-state index in [4.69, 9.17) is 22.4 Å². The van der Waals surface area contributed by atoms with Crippen molar-refractivity contribution in [1.29, 1.82) is 0 Å². The van der Waals surface area contributed by atoms with Crippen LogP contribution in [0.25, 0.3) is 11.0 Å². The molecule has 0 saturated carbocycles. The van der Waals surface area contributed by atoms with Crippen molar-refractivity contribution in [2.75, 3.05) is 70.1 Å². The molecule has 3 aromatic carbocycles. The highest BCUT2D eigenvalue weighted by atomic mass is 35.5. The number of aromatic nitrogens is 2. The largest absolute Gasteiger partial charge is 0.418 e. The molecule has 3 heterocycles. The van der Waals surface area contributed by atoms with E-state index in [2.05, 4.69) is 32.2 Å². The van der Waals surface area contributed by atoms with E-state index in [1.807, 2.05) is 71.3 Å². The van der Waals surface area contributed by atoms with Crippen LogP contribution in [0, 0.1) is 0 Å². The number of fused-ring (bicyclic) bond motifs is 1. The van der Waals surface area contributed by atoms with Gasteiger partial charge < -0.3 is 30.0 Å². The molecule has 2 aliphatic rings. The average molecular weight is 782 g/mol. The van der Waals surface area contributed by atoms with Gasteiger partial charge in [-0.3, -0.25) is 15.5 Å². The number of nitrogens with one attached hydrogen (secondary N) is 2. The summed E-state index contributed by atoms with van der Waals surface area (Å²) in [5, 5.41) is 2.84. The number of benzene rings is 3. The predicted molar refractivity (Wildman–Crippen MR) is 211 cm³/mol. The zero-order valence-electron chi connectivity index (χ0n) is 31.5. The van der Waals surface area contributed by atoms with Crippen molar-refractivity contribution in [3.05, 3.63) is 88.7 Å². The number of carbonyl (C=O) groups excluding carboxylic acids is 2. The van der Waals surface area contributed by atoms with Gasteiger partial charge in [0.2, 0.25) is 5.91 Å². The fraction of sp³-hybridized carbons (Fsp3) is 0.475. The second kappa shape index (κ2) is 18.1. The van der Waals surface area contributed by atoms with Crippen LogP contribution in [-0.4, -0.2) is 107 Å². The third kappa shape index (κ3) is 9.90. The molecular weight excluding hydrogens is 731 g/mol. The molecule has 6 rings (SSSR count). The lowest BCUT2D eigenvalue weighted by atomic mass is 9.92. The van der Waals surface area contributed by atoms with Crippen molar-refractivity contribution in [1.82, 2.24) is 29.2 Å². The normalized spacial score (nSPS) is 16.7. The van der Waals surface area contributed by atoms with Crippen molar-refractivity contribution in [2.24, 2.45) is 5.84 Å². The Balaban J connectivity index is 1.26. The SMILES string of the molecule is CCCN(C(=O)Nc1ccccc1)C1CCN(C(=O)CC(Cc2cc(Cl)c(NN)c(C(F)(F)F)c2)c2nc3ccccc3n2CCN2CCN(C)CC2)CC1. The summed E-state index contributed by atoms with van der Waals surface area (Å²) >= 11 is 6.39. The van der Waals surface area contributed by atoms with E-state index in [0.717, 1.165) is 61.9 Å². The lowest BCUT2D eigenvalue weighted by Gasteiger charge is -2.39. The van der Waals surface area contributed by atoms with Gasteiger partial charge in [0, 0.05) is 83.0 Å². The molecule has 1 atom stereocenters. The van der Waals surface area contributed by atoms with E-state index < -0.39 is 23.3 Å². The Bertz CT molecular complexity index is 1910. The summed E-state index contributed by atoms with van der Waals surface area (Å²) in [7, 11) is 2.11. The number of alkyl halides is 3. The van der Waals surface area contributed by atoms with Gasteiger partial charge in [0.15, 0.2) is 0 Å². The number of likely N-dealkylation sites (tertiary alicyclic amines) is 1. The van der Waals surface area contributed by atoms with Crippen LogP contribution in [0.5, 0.6) is 0 Å². The fourth-order valence-corrected chi connectivity index (χ4v) is 8.11. The second-order valence-electron chi connectivity index (χ2n) is 14.6. The van der Waals surface area contributed by atoms with Crippen molar-refractivity contribution in [3.8, 4) is 0 Å². The highest BCUT2D eigenvalue weighted by Gasteiger charge is 2.36. The first-order valence-electron chi connectivity index (χ1n) is 19.1. The maximum atomic E-state index is 14.3. The quantitative estimate of drug-likeness (QED) is 0.100. The Morgan fingerprint density at radius 3 is 2.35 bits per heavy atom. The van der Waals surface area contributed by atoms with E-state index in [1.54, 1.807) is 0 Å². The molecule has 0 bridgehead atoms. The maximum absolute atomic E-state index is 14.3. The van der Waals surface area contributed by atoms with Gasteiger partial charge in [-0.15, -0.1) is 0 Å². The Hall–Kier alpha value is -4.37. The number of piperidine rings is 1. The van der Waals surface area contributed by atoms with Crippen LogP contribution < -0.4 is 16.6 Å². The molecule has 4 aromatic rings. The number of likely N-dealkylation sites (N-methyl/N-ethyl adjacent to an activating group) is 1. The maximum Gasteiger partial charge on any atom is 0.418 e. The number of halogens is 4. The number of amides is 3. The van der Waals surface area contributed by atoms with Crippen LogP contribution in [0.2, 0.25) is 5.02 Å². The predicted octanol–water partition coefficient (Wildman–Crippen LogP) is 6.89. The zero-order chi connectivity index (χ0) is 39.1. The van der Waals surface area contributed by atoms with Crippen molar-refractivity contribution in [2.45, 2.75) is 63.7 Å². The number of urea groups is 1. The van der Waals surface area contributed by atoms with Crippen LogP contribution in [0.1, 0.15) is 55.5 Å². The topological polar surface area (TPSA) is 115 Å². The van der Waals surface area contributed by atoms with E-state index in [1.165, 1.54) is 6.07 Å². The zero-order valence-corrected chi connectivity index (χ0v) is 32.2. The number of imidazole rings is 1. The van der Waals surface area contributed by atoms with Gasteiger partial charge in [0.05, 0.1) is 27.3 Å². The summed E-state index contributed by atoms with van der Waals surface area (Å²) in [4.78, 5) is 41.0. The first-order valence-corrected chi connectivity index (χ1v) is 19.5. The third-order valence-electron chi connectivity index (χ3n) is 10.8. The number of rotatable bonds is 13. The third-order valence-corrected chi connectivity index (χ3v) is 11.1. The minimum absolute atomic E-state index is 0.0333. The first kappa shape index (κ1) is 40.3. The Morgan fingerprint density at radius 1 is 0.982 bits per heavy atom. The fourth-order valence-electron chi connectivity index (χ4n) is 7.82. The summed E-state index contributed by atoms with van der Waals surface area (Å²) in [6.45, 7) is 8.70. The lowest BCUT2D eigenvalue weighted by Crippen LogP contribution is -2.50. The molecule has 4 N–H and O–H groups in total. The van der Waals surface area contributed by atoms with Crippen molar-refractivity contribution in [3.63, 3.8) is 0 Å². The molecule has 1 unspecified atom stereocenters. The molecule has 15 heteroatoms. The summed E-state index contributed by atoms with van der Waals surface area (Å²) in [5.74, 6) is 5.45. The van der Waals surface area contributed by atoms with Crippen molar-refractivity contribution >= 4 is 45.9 Å². The molecular formula is C40H51ClF3N9O2.